The van der Waals surface area contributed by atoms with E-state index in [9.17, 15) is 8.42 Å². The predicted octanol–water partition coefficient (Wildman–Crippen LogP) is 3.57. The predicted molar refractivity (Wildman–Crippen MR) is 151 cm³/mol. The van der Waals surface area contributed by atoms with Crippen molar-refractivity contribution in [1.82, 2.24) is 19.6 Å². The number of hydrogen-bond acceptors (Lipinski definition) is 8. The number of aromatic nitrogens is 2. The van der Waals surface area contributed by atoms with Gasteiger partial charge < -0.3 is 15.4 Å². The minimum Gasteiger partial charge on any atom is -0.379 e. The van der Waals surface area contributed by atoms with Gasteiger partial charge in [0.25, 0.3) is 0 Å². The average molecular weight is 539 g/mol. The van der Waals surface area contributed by atoms with Crippen molar-refractivity contribution in [3.8, 4) is 0 Å². The van der Waals surface area contributed by atoms with Crippen molar-refractivity contribution in [1.29, 1.82) is 0 Å². The lowest BCUT2D eigenvalue weighted by Crippen LogP contribution is -2.39. The van der Waals surface area contributed by atoms with Gasteiger partial charge in [0.2, 0.25) is 16.0 Å². The van der Waals surface area contributed by atoms with Gasteiger partial charge in [0.1, 0.15) is 5.82 Å². The number of sulfonamides is 1. The molecule has 2 heterocycles. The SMILES string of the molecule is O=S(=O)(NCC1CCC(CNc2nc(NCCN3CCOCC3)c3ccccc3n2)CC1)c1ccccc1. The van der Waals surface area contributed by atoms with Crippen LogP contribution in [0.15, 0.2) is 59.5 Å². The third-order valence-corrected chi connectivity index (χ3v) is 9.00. The summed E-state index contributed by atoms with van der Waals surface area (Å²) < 4.78 is 33.3. The van der Waals surface area contributed by atoms with Crippen LogP contribution in [-0.4, -0.2) is 75.8 Å². The van der Waals surface area contributed by atoms with E-state index in [0.29, 0.717) is 29.2 Å². The standard InChI is InChI=1S/C28H38N6O3S/c35-38(36,24-6-2-1-3-7-24)31-21-23-12-10-22(11-13-23)20-30-28-32-26-9-5-4-8-25(26)27(33-28)29-14-15-34-16-18-37-19-17-34/h1-9,22-23,31H,10-21H2,(H2,29,30,32,33). The lowest BCUT2D eigenvalue weighted by Gasteiger charge is -2.28. The lowest BCUT2D eigenvalue weighted by atomic mass is 9.82. The fourth-order valence-electron chi connectivity index (χ4n) is 5.23. The first-order valence-electron chi connectivity index (χ1n) is 13.7. The molecule has 2 aliphatic rings. The van der Waals surface area contributed by atoms with E-state index in [1.807, 2.05) is 24.3 Å². The molecule has 10 heteroatoms. The van der Waals surface area contributed by atoms with Gasteiger partial charge in [0.15, 0.2) is 0 Å². The molecule has 0 radical (unpaired) electrons. The summed E-state index contributed by atoms with van der Waals surface area (Å²) in [4.78, 5) is 12.3. The zero-order chi connectivity index (χ0) is 26.2. The van der Waals surface area contributed by atoms with E-state index in [2.05, 4.69) is 26.3 Å². The second-order valence-corrected chi connectivity index (χ2v) is 12.0. The molecule has 1 saturated heterocycles. The van der Waals surface area contributed by atoms with Crippen LogP contribution in [0, 0.1) is 11.8 Å². The van der Waals surface area contributed by atoms with Crippen molar-refractivity contribution in [2.45, 2.75) is 30.6 Å². The Morgan fingerprint density at radius 1 is 0.842 bits per heavy atom. The van der Waals surface area contributed by atoms with Crippen molar-refractivity contribution >= 4 is 32.7 Å². The van der Waals surface area contributed by atoms with Gasteiger partial charge in [-0.2, -0.15) is 4.98 Å². The maximum atomic E-state index is 12.5. The highest BCUT2D eigenvalue weighted by Gasteiger charge is 2.23. The summed E-state index contributed by atoms with van der Waals surface area (Å²) in [7, 11) is -3.45. The Kier molecular flexibility index (Phi) is 9.06. The summed E-state index contributed by atoms with van der Waals surface area (Å²) in [6.07, 6.45) is 4.14. The molecule has 0 amide bonds. The third-order valence-electron chi connectivity index (χ3n) is 7.56. The Morgan fingerprint density at radius 2 is 1.53 bits per heavy atom. The van der Waals surface area contributed by atoms with Crippen LogP contribution in [0.25, 0.3) is 10.9 Å². The number of anilines is 2. The molecule has 3 N–H and O–H groups in total. The molecule has 5 rings (SSSR count). The van der Waals surface area contributed by atoms with Crippen LogP contribution in [0.4, 0.5) is 11.8 Å². The fraction of sp³-hybridized carbons (Fsp3) is 0.500. The number of rotatable bonds is 11. The first-order chi connectivity index (χ1) is 18.6. The van der Waals surface area contributed by atoms with Crippen molar-refractivity contribution < 1.29 is 13.2 Å². The topological polar surface area (TPSA) is 108 Å². The number of fused-ring (bicyclic) bond motifs is 1. The van der Waals surface area contributed by atoms with E-state index in [-0.39, 0.29) is 0 Å². The molecule has 0 bridgehead atoms. The van der Waals surface area contributed by atoms with Gasteiger partial charge in [0, 0.05) is 44.7 Å². The molecular formula is C28H38N6O3S. The zero-order valence-electron chi connectivity index (χ0n) is 21.8. The molecule has 38 heavy (non-hydrogen) atoms. The number of ether oxygens (including phenoxy) is 1. The van der Waals surface area contributed by atoms with Crippen molar-refractivity contribution in [2.75, 3.05) is 63.1 Å². The Morgan fingerprint density at radius 3 is 2.29 bits per heavy atom. The molecule has 9 nitrogen and oxygen atoms in total. The van der Waals surface area contributed by atoms with Crippen molar-refractivity contribution in [3.63, 3.8) is 0 Å². The monoisotopic (exact) mass is 538 g/mol. The van der Waals surface area contributed by atoms with E-state index >= 15 is 0 Å². The Bertz CT molecular complexity index is 1280. The van der Waals surface area contributed by atoms with Gasteiger partial charge in [-0.05, 0) is 61.8 Å². The van der Waals surface area contributed by atoms with E-state index in [0.717, 1.165) is 88.3 Å². The quantitative estimate of drug-likeness (QED) is 0.340. The van der Waals surface area contributed by atoms with Gasteiger partial charge in [-0.3, -0.25) is 4.90 Å². The summed E-state index contributed by atoms with van der Waals surface area (Å²) in [6, 6.07) is 16.7. The van der Waals surface area contributed by atoms with E-state index in [4.69, 9.17) is 14.7 Å². The summed E-state index contributed by atoms with van der Waals surface area (Å²) in [5.41, 5.74) is 0.924. The maximum absolute atomic E-state index is 12.5. The van der Waals surface area contributed by atoms with Gasteiger partial charge in [-0.1, -0.05) is 30.3 Å². The molecule has 204 valence electrons. The molecule has 1 aliphatic carbocycles. The summed E-state index contributed by atoms with van der Waals surface area (Å²) in [6.45, 7) is 6.62. The highest BCUT2D eigenvalue weighted by molar-refractivity contribution is 7.89. The highest BCUT2D eigenvalue weighted by atomic mass is 32.2. The van der Waals surface area contributed by atoms with E-state index in [1.165, 1.54) is 0 Å². The minimum absolute atomic E-state index is 0.322. The minimum atomic E-state index is -3.45. The summed E-state index contributed by atoms with van der Waals surface area (Å²) >= 11 is 0. The number of hydrogen-bond donors (Lipinski definition) is 3. The van der Waals surface area contributed by atoms with Gasteiger partial charge in [0.05, 0.1) is 23.6 Å². The smallest absolute Gasteiger partial charge is 0.240 e. The lowest BCUT2D eigenvalue weighted by molar-refractivity contribution is 0.0398. The molecule has 0 unspecified atom stereocenters. The van der Waals surface area contributed by atoms with Crippen molar-refractivity contribution in [3.05, 3.63) is 54.6 Å². The number of morpholine rings is 1. The number of benzene rings is 2. The molecule has 2 fully saturated rings. The second kappa shape index (κ2) is 12.8. The largest absolute Gasteiger partial charge is 0.379 e. The summed E-state index contributed by atoms with van der Waals surface area (Å²) in [5.74, 6) is 2.39. The van der Waals surface area contributed by atoms with Gasteiger partial charge in [-0.25, -0.2) is 18.1 Å². The second-order valence-electron chi connectivity index (χ2n) is 10.2. The molecular weight excluding hydrogens is 500 g/mol. The van der Waals surface area contributed by atoms with E-state index < -0.39 is 10.0 Å². The van der Waals surface area contributed by atoms with Crippen LogP contribution in [0.5, 0.6) is 0 Å². The average Bonchev–Trinajstić information content (AvgIpc) is 2.96. The molecule has 0 atom stereocenters. The van der Waals surface area contributed by atoms with Crippen LogP contribution in [0.2, 0.25) is 0 Å². The van der Waals surface area contributed by atoms with Gasteiger partial charge in [-0.15, -0.1) is 0 Å². The number of nitrogens with zero attached hydrogens (tertiary/aromatic N) is 3. The van der Waals surface area contributed by atoms with Crippen LogP contribution >= 0.6 is 0 Å². The van der Waals surface area contributed by atoms with Crippen LogP contribution in [0.1, 0.15) is 25.7 Å². The summed E-state index contributed by atoms with van der Waals surface area (Å²) in [5, 5.41) is 8.03. The van der Waals surface area contributed by atoms with E-state index in [1.54, 1.807) is 24.3 Å². The Hall–Kier alpha value is -2.79. The zero-order valence-corrected chi connectivity index (χ0v) is 22.6. The third kappa shape index (κ3) is 7.19. The van der Waals surface area contributed by atoms with Crippen LogP contribution < -0.4 is 15.4 Å². The molecule has 0 spiro atoms. The first-order valence-corrected chi connectivity index (χ1v) is 15.1. The maximum Gasteiger partial charge on any atom is 0.240 e. The Labute approximate surface area is 225 Å². The molecule has 1 aliphatic heterocycles. The van der Waals surface area contributed by atoms with Crippen LogP contribution in [-0.2, 0) is 14.8 Å². The molecule has 1 aromatic heterocycles. The molecule has 3 aromatic rings. The van der Waals surface area contributed by atoms with Crippen molar-refractivity contribution in [2.24, 2.45) is 11.8 Å². The molecule has 1 saturated carbocycles. The van der Waals surface area contributed by atoms with Crippen LogP contribution in [0.3, 0.4) is 0 Å². The normalized spacial score (nSPS) is 20.8. The number of para-hydroxylation sites is 1. The molecule has 2 aromatic carbocycles. The highest BCUT2D eigenvalue weighted by Crippen LogP contribution is 2.29. The fourth-order valence-corrected chi connectivity index (χ4v) is 6.37. The van der Waals surface area contributed by atoms with Gasteiger partial charge >= 0.3 is 0 Å². The number of nitrogens with one attached hydrogen (secondary N) is 3. The first kappa shape index (κ1) is 26.8. The Balaban J connectivity index is 1.11.